The third-order valence-corrected chi connectivity index (χ3v) is 3.08. The summed E-state index contributed by atoms with van der Waals surface area (Å²) in [4.78, 5) is 2.39. The average Bonchev–Trinajstić information content (AvgIpc) is 2.30. The Balaban J connectivity index is 2.19. The van der Waals surface area contributed by atoms with E-state index in [9.17, 15) is 0 Å². The standard InChI is InChI=1S/C12H19N3/c1-15-6-5-14-9-12(15)11-4-2-3-10(7-11)8-13/h2-4,7,12,14H,5-6,8-9,13H2,1H3. The first-order chi connectivity index (χ1) is 7.31. The van der Waals surface area contributed by atoms with E-state index in [1.165, 1.54) is 11.1 Å². The molecule has 1 aromatic carbocycles. The highest BCUT2D eigenvalue weighted by Crippen LogP contribution is 2.21. The largest absolute Gasteiger partial charge is 0.326 e. The number of hydrogen-bond donors (Lipinski definition) is 2. The van der Waals surface area contributed by atoms with Crippen molar-refractivity contribution in [1.29, 1.82) is 0 Å². The topological polar surface area (TPSA) is 41.3 Å². The fourth-order valence-corrected chi connectivity index (χ4v) is 2.11. The molecule has 3 heteroatoms. The van der Waals surface area contributed by atoms with E-state index in [1.807, 2.05) is 0 Å². The van der Waals surface area contributed by atoms with Gasteiger partial charge in [0.1, 0.15) is 0 Å². The van der Waals surface area contributed by atoms with Crippen molar-refractivity contribution in [3.05, 3.63) is 35.4 Å². The molecule has 15 heavy (non-hydrogen) atoms. The zero-order valence-corrected chi connectivity index (χ0v) is 9.24. The van der Waals surface area contributed by atoms with Crippen LogP contribution in [0.25, 0.3) is 0 Å². The van der Waals surface area contributed by atoms with Gasteiger partial charge in [-0.1, -0.05) is 24.3 Å². The molecule has 0 amide bonds. The SMILES string of the molecule is CN1CCNCC1c1cccc(CN)c1. The van der Waals surface area contributed by atoms with Crippen LogP contribution in [0.2, 0.25) is 0 Å². The second-order valence-corrected chi connectivity index (χ2v) is 4.15. The van der Waals surface area contributed by atoms with Crippen molar-refractivity contribution in [3.8, 4) is 0 Å². The molecule has 1 aliphatic rings. The minimum atomic E-state index is 0.491. The number of likely N-dealkylation sites (N-methyl/N-ethyl adjacent to an activating group) is 1. The van der Waals surface area contributed by atoms with Gasteiger partial charge in [-0.05, 0) is 18.2 Å². The van der Waals surface area contributed by atoms with Gasteiger partial charge < -0.3 is 11.1 Å². The van der Waals surface area contributed by atoms with Crippen molar-refractivity contribution >= 4 is 0 Å². The predicted octanol–water partition coefficient (Wildman–Crippen LogP) is 0.721. The Morgan fingerprint density at radius 3 is 3.13 bits per heavy atom. The van der Waals surface area contributed by atoms with E-state index in [-0.39, 0.29) is 0 Å². The Hall–Kier alpha value is -0.900. The quantitative estimate of drug-likeness (QED) is 0.747. The Labute approximate surface area is 91.3 Å². The highest BCUT2D eigenvalue weighted by Gasteiger charge is 2.19. The summed E-state index contributed by atoms with van der Waals surface area (Å²) in [7, 11) is 2.18. The molecule has 3 nitrogen and oxygen atoms in total. The summed E-state index contributed by atoms with van der Waals surface area (Å²) in [6.07, 6.45) is 0. The first-order valence-corrected chi connectivity index (χ1v) is 5.51. The smallest absolute Gasteiger partial charge is 0.0470 e. The number of nitrogens with zero attached hydrogens (tertiary/aromatic N) is 1. The Morgan fingerprint density at radius 1 is 1.53 bits per heavy atom. The van der Waals surface area contributed by atoms with Crippen LogP contribution in [0.15, 0.2) is 24.3 Å². The predicted molar refractivity (Wildman–Crippen MR) is 62.6 cm³/mol. The van der Waals surface area contributed by atoms with Crippen LogP contribution in [-0.4, -0.2) is 31.6 Å². The first kappa shape index (κ1) is 10.6. The summed E-state index contributed by atoms with van der Waals surface area (Å²) in [5.74, 6) is 0. The molecule has 1 saturated heterocycles. The highest BCUT2D eigenvalue weighted by molar-refractivity contribution is 5.26. The number of benzene rings is 1. The fourth-order valence-electron chi connectivity index (χ4n) is 2.11. The van der Waals surface area contributed by atoms with Crippen LogP contribution in [0.1, 0.15) is 17.2 Å². The molecule has 0 spiro atoms. The molecule has 1 heterocycles. The Bertz CT molecular complexity index is 324. The first-order valence-electron chi connectivity index (χ1n) is 5.51. The van der Waals surface area contributed by atoms with Gasteiger partial charge >= 0.3 is 0 Å². The van der Waals surface area contributed by atoms with E-state index in [0.29, 0.717) is 12.6 Å². The van der Waals surface area contributed by atoms with E-state index < -0.39 is 0 Å². The maximum absolute atomic E-state index is 5.65. The van der Waals surface area contributed by atoms with Crippen LogP contribution >= 0.6 is 0 Å². The second-order valence-electron chi connectivity index (χ2n) is 4.15. The molecule has 1 aromatic rings. The van der Waals surface area contributed by atoms with E-state index in [2.05, 4.69) is 41.5 Å². The van der Waals surface area contributed by atoms with Gasteiger partial charge in [0.15, 0.2) is 0 Å². The van der Waals surface area contributed by atoms with Crippen LogP contribution in [0, 0.1) is 0 Å². The van der Waals surface area contributed by atoms with Crippen molar-refractivity contribution < 1.29 is 0 Å². The lowest BCUT2D eigenvalue weighted by Gasteiger charge is -2.33. The van der Waals surface area contributed by atoms with Crippen LogP contribution in [-0.2, 0) is 6.54 Å². The maximum atomic E-state index is 5.65. The van der Waals surface area contributed by atoms with Gasteiger partial charge in [-0.25, -0.2) is 0 Å². The molecule has 0 saturated carbocycles. The molecule has 2 rings (SSSR count). The average molecular weight is 205 g/mol. The van der Waals surface area contributed by atoms with Crippen molar-refractivity contribution in [2.75, 3.05) is 26.7 Å². The molecule has 1 fully saturated rings. The third kappa shape index (κ3) is 2.37. The Kier molecular flexibility index (Phi) is 3.36. The molecular formula is C12H19N3. The van der Waals surface area contributed by atoms with E-state index in [0.717, 1.165) is 19.6 Å². The molecular weight excluding hydrogens is 186 g/mol. The number of nitrogens with one attached hydrogen (secondary N) is 1. The summed E-state index contributed by atoms with van der Waals surface area (Å²) >= 11 is 0. The molecule has 1 atom stereocenters. The van der Waals surface area contributed by atoms with Gasteiger partial charge in [0.05, 0.1) is 0 Å². The van der Waals surface area contributed by atoms with Gasteiger partial charge in [-0.2, -0.15) is 0 Å². The van der Waals surface area contributed by atoms with E-state index in [4.69, 9.17) is 5.73 Å². The van der Waals surface area contributed by atoms with Crippen molar-refractivity contribution in [1.82, 2.24) is 10.2 Å². The van der Waals surface area contributed by atoms with Gasteiger partial charge in [0.2, 0.25) is 0 Å². The van der Waals surface area contributed by atoms with Gasteiger partial charge in [0.25, 0.3) is 0 Å². The van der Waals surface area contributed by atoms with E-state index in [1.54, 1.807) is 0 Å². The van der Waals surface area contributed by atoms with Crippen LogP contribution in [0.3, 0.4) is 0 Å². The lowest BCUT2D eigenvalue weighted by molar-refractivity contribution is 0.202. The molecule has 0 radical (unpaired) electrons. The zero-order chi connectivity index (χ0) is 10.7. The second kappa shape index (κ2) is 4.75. The lowest BCUT2D eigenvalue weighted by Crippen LogP contribution is -2.43. The fraction of sp³-hybridized carbons (Fsp3) is 0.500. The maximum Gasteiger partial charge on any atom is 0.0470 e. The summed E-state index contributed by atoms with van der Waals surface area (Å²) in [6.45, 7) is 3.85. The molecule has 3 N–H and O–H groups in total. The summed E-state index contributed by atoms with van der Waals surface area (Å²) < 4.78 is 0. The highest BCUT2D eigenvalue weighted by atomic mass is 15.2. The number of hydrogen-bond acceptors (Lipinski definition) is 3. The van der Waals surface area contributed by atoms with Gasteiger partial charge in [-0.3, -0.25) is 4.90 Å². The van der Waals surface area contributed by atoms with Crippen molar-refractivity contribution in [2.24, 2.45) is 5.73 Å². The molecule has 82 valence electrons. The summed E-state index contributed by atoms with van der Waals surface area (Å²) in [6, 6.07) is 9.08. The van der Waals surface area contributed by atoms with E-state index >= 15 is 0 Å². The number of piperazine rings is 1. The van der Waals surface area contributed by atoms with Gasteiger partial charge in [-0.15, -0.1) is 0 Å². The summed E-state index contributed by atoms with van der Waals surface area (Å²) in [5.41, 5.74) is 8.24. The Morgan fingerprint density at radius 2 is 2.40 bits per heavy atom. The normalized spacial score (nSPS) is 22.9. The molecule has 0 bridgehead atoms. The molecule has 0 aliphatic carbocycles. The molecule has 0 aromatic heterocycles. The van der Waals surface area contributed by atoms with Crippen LogP contribution in [0.5, 0.6) is 0 Å². The molecule has 1 aliphatic heterocycles. The number of nitrogens with two attached hydrogens (primary N) is 1. The van der Waals surface area contributed by atoms with Crippen LogP contribution in [0.4, 0.5) is 0 Å². The third-order valence-electron chi connectivity index (χ3n) is 3.08. The number of rotatable bonds is 2. The van der Waals surface area contributed by atoms with Crippen molar-refractivity contribution in [3.63, 3.8) is 0 Å². The summed E-state index contributed by atoms with van der Waals surface area (Å²) in [5, 5.41) is 3.43. The molecule has 1 unspecified atom stereocenters. The van der Waals surface area contributed by atoms with Crippen LogP contribution < -0.4 is 11.1 Å². The minimum Gasteiger partial charge on any atom is -0.326 e. The minimum absolute atomic E-state index is 0.491. The lowest BCUT2D eigenvalue weighted by atomic mass is 10.0. The monoisotopic (exact) mass is 205 g/mol. The van der Waals surface area contributed by atoms with Crippen molar-refractivity contribution in [2.45, 2.75) is 12.6 Å². The van der Waals surface area contributed by atoms with Gasteiger partial charge in [0, 0.05) is 32.2 Å². The zero-order valence-electron chi connectivity index (χ0n) is 9.24.